The lowest BCUT2D eigenvalue weighted by Gasteiger charge is -2.02. The highest BCUT2D eigenvalue weighted by atomic mass is 79.9. The van der Waals surface area contributed by atoms with Crippen LogP contribution in [0, 0.1) is 12.3 Å². The molecule has 1 N–H and O–H groups in total. The lowest BCUT2D eigenvalue weighted by atomic mass is 10.3. The molecule has 1 aromatic rings. The highest BCUT2D eigenvalue weighted by Gasteiger charge is 2.00. The zero-order valence-electron chi connectivity index (χ0n) is 6.47. The van der Waals surface area contributed by atoms with Crippen molar-refractivity contribution in [2.75, 3.05) is 5.32 Å². The Morgan fingerprint density at radius 2 is 2.31 bits per heavy atom. The van der Waals surface area contributed by atoms with Crippen LogP contribution in [0.25, 0.3) is 0 Å². The Hall–Kier alpha value is -0.980. The van der Waals surface area contributed by atoms with E-state index in [9.17, 15) is 4.79 Å². The number of hydrogen-bond donors (Lipinski definition) is 1. The standard InChI is InChI=1S/C9H5BrClNO/c1-2-9(13)12-6-3-4-8(11)7(10)5-6/h1,3-5H,(H,12,13). The largest absolute Gasteiger partial charge is 0.315 e. The predicted octanol–water partition coefficient (Wildman–Crippen LogP) is 2.67. The van der Waals surface area contributed by atoms with Gasteiger partial charge >= 0.3 is 0 Å². The van der Waals surface area contributed by atoms with Crippen LogP contribution in [0.3, 0.4) is 0 Å². The number of nitrogens with one attached hydrogen (secondary N) is 1. The molecule has 0 unspecified atom stereocenters. The number of hydrogen-bond acceptors (Lipinski definition) is 1. The van der Waals surface area contributed by atoms with Crippen molar-refractivity contribution < 1.29 is 4.79 Å². The molecule has 0 spiro atoms. The van der Waals surface area contributed by atoms with Gasteiger partial charge in [-0.05, 0) is 40.0 Å². The SMILES string of the molecule is C#CC(=O)Nc1ccc(Cl)c(Br)c1. The van der Waals surface area contributed by atoms with E-state index >= 15 is 0 Å². The van der Waals surface area contributed by atoms with Crippen molar-refractivity contribution in [3.63, 3.8) is 0 Å². The van der Waals surface area contributed by atoms with Gasteiger partial charge in [0.2, 0.25) is 0 Å². The summed E-state index contributed by atoms with van der Waals surface area (Å²) in [6.07, 6.45) is 4.89. The van der Waals surface area contributed by atoms with Gasteiger partial charge < -0.3 is 5.32 Å². The van der Waals surface area contributed by atoms with Crippen molar-refractivity contribution in [1.29, 1.82) is 0 Å². The Kier molecular flexibility index (Phi) is 3.35. The molecule has 66 valence electrons. The van der Waals surface area contributed by atoms with Crippen molar-refractivity contribution in [3.8, 4) is 12.3 Å². The first-order valence-corrected chi connectivity index (χ1v) is 4.53. The van der Waals surface area contributed by atoms with Crippen LogP contribution in [-0.4, -0.2) is 5.91 Å². The van der Waals surface area contributed by atoms with Gasteiger partial charge in [0.1, 0.15) is 0 Å². The van der Waals surface area contributed by atoms with Gasteiger partial charge in [0.25, 0.3) is 5.91 Å². The number of rotatable bonds is 1. The first-order valence-electron chi connectivity index (χ1n) is 3.36. The lowest BCUT2D eigenvalue weighted by molar-refractivity contribution is -0.111. The highest BCUT2D eigenvalue weighted by Crippen LogP contribution is 2.25. The van der Waals surface area contributed by atoms with E-state index in [0.717, 1.165) is 0 Å². The Labute approximate surface area is 89.4 Å². The van der Waals surface area contributed by atoms with E-state index in [4.69, 9.17) is 18.0 Å². The summed E-state index contributed by atoms with van der Waals surface area (Å²) in [4.78, 5) is 10.8. The fourth-order valence-electron chi connectivity index (χ4n) is 0.741. The number of carbonyl (C=O) groups is 1. The monoisotopic (exact) mass is 257 g/mol. The van der Waals surface area contributed by atoms with Gasteiger partial charge in [-0.25, -0.2) is 0 Å². The fourth-order valence-corrected chi connectivity index (χ4v) is 1.24. The Bertz CT molecular complexity index is 384. The van der Waals surface area contributed by atoms with Gasteiger partial charge in [0.15, 0.2) is 0 Å². The van der Waals surface area contributed by atoms with E-state index in [1.54, 1.807) is 18.2 Å². The van der Waals surface area contributed by atoms with Gasteiger partial charge in [-0.3, -0.25) is 4.79 Å². The summed E-state index contributed by atoms with van der Waals surface area (Å²) in [5.74, 6) is 1.47. The average molecular weight is 259 g/mol. The van der Waals surface area contributed by atoms with Gasteiger partial charge in [-0.1, -0.05) is 11.6 Å². The topological polar surface area (TPSA) is 29.1 Å². The van der Waals surface area contributed by atoms with E-state index in [1.807, 2.05) is 5.92 Å². The Morgan fingerprint density at radius 1 is 1.62 bits per heavy atom. The number of benzene rings is 1. The minimum Gasteiger partial charge on any atom is -0.315 e. The van der Waals surface area contributed by atoms with Crippen LogP contribution < -0.4 is 5.32 Å². The Morgan fingerprint density at radius 3 is 2.85 bits per heavy atom. The molecule has 0 saturated carbocycles. The second-order valence-electron chi connectivity index (χ2n) is 2.23. The molecule has 0 saturated heterocycles. The molecule has 0 aliphatic heterocycles. The van der Waals surface area contributed by atoms with Crippen LogP contribution in [0.5, 0.6) is 0 Å². The molecule has 4 heteroatoms. The van der Waals surface area contributed by atoms with Crippen LogP contribution in [-0.2, 0) is 4.79 Å². The molecule has 0 atom stereocenters. The van der Waals surface area contributed by atoms with Crippen molar-refractivity contribution in [2.24, 2.45) is 0 Å². The van der Waals surface area contributed by atoms with E-state index < -0.39 is 5.91 Å². The molecule has 1 aromatic carbocycles. The van der Waals surface area contributed by atoms with Crippen LogP contribution in [0.15, 0.2) is 22.7 Å². The molecule has 0 radical (unpaired) electrons. The smallest absolute Gasteiger partial charge is 0.300 e. The maximum atomic E-state index is 10.8. The average Bonchev–Trinajstić information content (AvgIpc) is 2.11. The molecular weight excluding hydrogens is 253 g/mol. The highest BCUT2D eigenvalue weighted by molar-refractivity contribution is 9.10. The van der Waals surface area contributed by atoms with Crippen molar-refractivity contribution >= 4 is 39.1 Å². The zero-order chi connectivity index (χ0) is 9.84. The fraction of sp³-hybridized carbons (Fsp3) is 0. The normalized spacial score (nSPS) is 9.00. The molecule has 0 aliphatic carbocycles. The molecule has 13 heavy (non-hydrogen) atoms. The lowest BCUT2D eigenvalue weighted by Crippen LogP contribution is -2.07. The summed E-state index contributed by atoms with van der Waals surface area (Å²) in [7, 11) is 0. The molecular formula is C9H5BrClNO. The third kappa shape index (κ3) is 2.76. The molecule has 0 bridgehead atoms. The van der Waals surface area contributed by atoms with Crippen LogP contribution in [0.1, 0.15) is 0 Å². The van der Waals surface area contributed by atoms with Gasteiger partial charge in [-0.2, -0.15) is 0 Å². The summed E-state index contributed by atoms with van der Waals surface area (Å²) in [5.41, 5.74) is 0.610. The second kappa shape index (κ2) is 4.31. The Balaban J connectivity index is 2.87. The first kappa shape index (κ1) is 10.1. The molecule has 0 fully saturated rings. The summed E-state index contributed by atoms with van der Waals surface area (Å²) >= 11 is 8.97. The van der Waals surface area contributed by atoms with Gasteiger partial charge in [0.05, 0.1) is 5.02 Å². The summed E-state index contributed by atoms with van der Waals surface area (Å²) < 4.78 is 0.712. The van der Waals surface area contributed by atoms with E-state index in [-0.39, 0.29) is 0 Å². The minimum absolute atomic E-state index is 0.478. The first-order chi connectivity index (χ1) is 6.13. The maximum Gasteiger partial charge on any atom is 0.300 e. The quantitative estimate of drug-likeness (QED) is 0.771. The van der Waals surface area contributed by atoms with Crippen LogP contribution in [0.4, 0.5) is 5.69 Å². The molecule has 2 nitrogen and oxygen atoms in total. The summed E-state index contributed by atoms with van der Waals surface area (Å²) in [5, 5.41) is 3.08. The number of halogens is 2. The molecule has 0 aliphatic rings. The molecule has 0 heterocycles. The molecule has 1 rings (SSSR count). The van der Waals surface area contributed by atoms with E-state index in [2.05, 4.69) is 21.2 Å². The predicted molar refractivity (Wildman–Crippen MR) is 56.6 cm³/mol. The zero-order valence-corrected chi connectivity index (χ0v) is 8.82. The number of amides is 1. The number of anilines is 1. The molecule has 1 amide bonds. The molecule has 0 aromatic heterocycles. The van der Waals surface area contributed by atoms with Crippen molar-refractivity contribution in [3.05, 3.63) is 27.7 Å². The van der Waals surface area contributed by atoms with Gasteiger partial charge in [-0.15, -0.1) is 6.42 Å². The second-order valence-corrected chi connectivity index (χ2v) is 3.49. The van der Waals surface area contributed by atoms with Crippen LogP contribution >= 0.6 is 27.5 Å². The van der Waals surface area contributed by atoms with Crippen molar-refractivity contribution in [1.82, 2.24) is 0 Å². The van der Waals surface area contributed by atoms with Gasteiger partial charge in [0, 0.05) is 10.2 Å². The third-order valence-electron chi connectivity index (χ3n) is 1.31. The van der Waals surface area contributed by atoms with Crippen LogP contribution in [0.2, 0.25) is 5.02 Å². The van der Waals surface area contributed by atoms with Crippen molar-refractivity contribution in [2.45, 2.75) is 0 Å². The summed E-state index contributed by atoms with van der Waals surface area (Å²) in [6.45, 7) is 0. The number of terminal acetylenes is 1. The van der Waals surface area contributed by atoms with E-state index in [1.165, 1.54) is 0 Å². The summed E-state index contributed by atoms with van der Waals surface area (Å²) in [6, 6.07) is 5.01. The number of carbonyl (C=O) groups excluding carboxylic acids is 1. The maximum absolute atomic E-state index is 10.8. The minimum atomic E-state index is -0.478. The van der Waals surface area contributed by atoms with E-state index in [0.29, 0.717) is 15.2 Å². The third-order valence-corrected chi connectivity index (χ3v) is 2.52.